The highest BCUT2D eigenvalue weighted by atomic mass is 16.3. The summed E-state index contributed by atoms with van der Waals surface area (Å²) in [6.07, 6.45) is 1.75. The van der Waals surface area contributed by atoms with Gasteiger partial charge in [-0.15, -0.1) is 0 Å². The van der Waals surface area contributed by atoms with Gasteiger partial charge < -0.3 is 4.42 Å². The molecule has 0 saturated heterocycles. The zero-order valence-corrected chi connectivity index (χ0v) is 8.68. The Morgan fingerprint density at radius 2 is 2.08 bits per heavy atom. The third-order valence-electron chi connectivity index (χ3n) is 2.26. The van der Waals surface area contributed by atoms with E-state index in [4.69, 9.17) is 4.42 Å². The van der Waals surface area contributed by atoms with E-state index in [0.29, 0.717) is 5.92 Å². The van der Waals surface area contributed by atoms with Gasteiger partial charge in [0, 0.05) is 11.5 Å². The Balaban J connectivity index is 3.29. The maximum Gasteiger partial charge on any atom is 0.153 e. The summed E-state index contributed by atoms with van der Waals surface area (Å²) in [5.41, 5.74) is 1.81. The second-order valence-electron chi connectivity index (χ2n) is 3.54. The van der Waals surface area contributed by atoms with E-state index in [0.717, 1.165) is 35.4 Å². The van der Waals surface area contributed by atoms with E-state index in [1.165, 1.54) is 0 Å². The van der Waals surface area contributed by atoms with Gasteiger partial charge in [0.05, 0.1) is 5.56 Å². The molecule has 1 aromatic heterocycles. The van der Waals surface area contributed by atoms with Crippen LogP contribution in [0.1, 0.15) is 54.1 Å². The number of rotatable bonds is 3. The summed E-state index contributed by atoms with van der Waals surface area (Å²) < 4.78 is 5.56. The number of aryl methyl sites for hydroxylation is 1. The molecule has 2 heteroatoms. The van der Waals surface area contributed by atoms with E-state index < -0.39 is 0 Å². The van der Waals surface area contributed by atoms with Crippen LogP contribution in [0.4, 0.5) is 0 Å². The van der Waals surface area contributed by atoms with Crippen molar-refractivity contribution in [2.24, 2.45) is 0 Å². The van der Waals surface area contributed by atoms with Gasteiger partial charge in [-0.1, -0.05) is 20.8 Å². The zero-order valence-electron chi connectivity index (χ0n) is 8.68. The van der Waals surface area contributed by atoms with Crippen molar-refractivity contribution in [2.75, 3.05) is 0 Å². The zero-order chi connectivity index (χ0) is 10.0. The molecule has 1 heterocycles. The molecule has 0 aliphatic heterocycles. The average Bonchev–Trinajstić information content (AvgIpc) is 2.41. The number of hydrogen-bond acceptors (Lipinski definition) is 2. The van der Waals surface area contributed by atoms with Crippen LogP contribution >= 0.6 is 0 Å². The lowest BCUT2D eigenvalue weighted by Crippen LogP contribution is -1.93. The smallest absolute Gasteiger partial charge is 0.153 e. The molecule has 0 amide bonds. The third kappa shape index (κ3) is 1.67. The molecule has 0 spiro atoms. The molecule has 0 N–H and O–H groups in total. The van der Waals surface area contributed by atoms with Crippen LogP contribution in [0.3, 0.4) is 0 Å². The molecular weight excluding hydrogens is 164 g/mol. The quantitative estimate of drug-likeness (QED) is 0.669. The van der Waals surface area contributed by atoms with E-state index in [1.807, 2.05) is 13.8 Å². The molecule has 0 fully saturated rings. The van der Waals surface area contributed by atoms with Crippen molar-refractivity contribution in [3.05, 3.63) is 22.6 Å². The fraction of sp³-hybridized carbons (Fsp3) is 0.545. The highest BCUT2D eigenvalue weighted by molar-refractivity contribution is 5.79. The molecular formula is C11H16O2. The van der Waals surface area contributed by atoms with Crippen LogP contribution in [0.5, 0.6) is 0 Å². The molecule has 0 bridgehead atoms. The maximum absolute atomic E-state index is 10.8. The normalized spacial score (nSPS) is 10.8. The highest BCUT2D eigenvalue weighted by Gasteiger charge is 2.17. The van der Waals surface area contributed by atoms with E-state index in [-0.39, 0.29) is 0 Å². The molecule has 0 aromatic carbocycles. The first-order valence-corrected chi connectivity index (χ1v) is 4.69. The van der Waals surface area contributed by atoms with Crippen LogP contribution in [0.15, 0.2) is 4.42 Å². The van der Waals surface area contributed by atoms with Crippen molar-refractivity contribution in [1.29, 1.82) is 0 Å². The van der Waals surface area contributed by atoms with Crippen molar-refractivity contribution < 1.29 is 9.21 Å². The molecule has 0 unspecified atom stereocenters. The number of hydrogen-bond donors (Lipinski definition) is 0. The lowest BCUT2D eigenvalue weighted by atomic mass is 10.0. The summed E-state index contributed by atoms with van der Waals surface area (Å²) in [7, 11) is 0. The largest absolute Gasteiger partial charge is 0.465 e. The number of carbonyl (C=O) groups is 1. The molecule has 2 nitrogen and oxygen atoms in total. The minimum Gasteiger partial charge on any atom is -0.465 e. The maximum atomic E-state index is 10.8. The predicted molar refractivity (Wildman–Crippen MR) is 52.3 cm³/mol. The lowest BCUT2D eigenvalue weighted by molar-refractivity contribution is 0.112. The van der Waals surface area contributed by atoms with Crippen molar-refractivity contribution in [1.82, 2.24) is 0 Å². The van der Waals surface area contributed by atoms with Crippen LogP contribution in [0.2, 0.25) is 0 Å². The summed E-state index contributed by atoms with van der Waals surface area (Å²) in [5.74, 6) is 2.06. The van der Waals surface area contributed by atoms with Gasteiger partial charge in [-0.2, -0.15) is 0 Å². The molecule has 72 valence electrons. The summed E-state index contributed by atoms with van der Waals surface area (Å²) in [6.45, 7) is 8.04. The highest BCUT2D eigenvalue weighted by Crippen LogP contribution is 2.27. The summed E-state index contributed by atoms with van der Waals surface area (Å²) in [5, 5.41) is 0. The first-order chi connectivity index (χ1) is 6.11. The fourth-order valence-electron chi connectivity index (χ4n) is 1.61. The van der Waals surface area contributed by atoms with Crippen LogP contribution in [0.25, 0.3) is 0 Å². The predicted octanol–water partition coefficient (Wildman–Crippen LogP) is 3.09. The minimum absolute atomic E-state index is 0.349. The number of aldehydes is 1. The van der Waals surface area contributed by atoms with Crippen LogP contribution in [-0.4, -0.2) is 6.29 Å². The SMILES string of the molecule is CCc1c(C(C)C)oc(C)c1C=O. The van der Waals surface area contributed by atoms with Crippen LogP contribution in [-0.2, 0) is 6.42 Å². The van der Waals surface area contributed by atoms with Gasteiger partial charge in [0.15, 0.2) is 6.29 Å². The molecule has 1 rings (SSSR count). The van der Waals surface area contributed by atoms with Gasteiger partial charge in [0.2, 0.25) is 0 Å². The number of furan rings is 1. The van der Waals surface area contributed by atoms with Gasteiger partial charge in [0.25, 0.3) is 0 Å². The van der Waals surface area contributed by atoms with Gasteiger partial charge in [-0.25, -0.2) is 0 Å². The Kier molecular flexibility index (Phi) is 2.91. The summed E-state index contributed by atoms with van der Waals surface area (Å²) in [4.78, 5) is 10.8. The summed E-state index contributed by atoms with van der Waals surface area (Å²) >= 11 is 0. The minimum atomic E-state index is 0.349. The van der Waals surface area contributed by atoms with Crippen molar-refractivity contribution >= 4 is 6.29 Å². The van der Waals surface area contributed by atoms with Gasteiger partial charge >= 0.3 is 0 Å². The molecule has 0 aliphatic carbocycles. The second kappa shape index (κ2) is 3.77. The van der Waals surface area contributed by atoms with E-state index in [9.17, 15) is 4.79 Å². The van der Waals surface area contributed by atoms with Crippen molar-refractivity contribution in [2.45, 2.75) is 40.0 Å². The molecule has 1 aromatic rings. The molecule has 0 aliphatic rings. The van der Waals surface area contributed by atoms with E-state index >= 15 is 0 Å². The molecule has 0 atom stereocenters. The molecule has 13 heavy (non-hydrogen) atoms. The van der Waals surface area contributed by atoms with Crippen LogP contribution < -0.4 is 0 Å². The Morgan fingerprint density at radius 1 is 1.46 bits per heavy atom. The monoisotopic (exact) mass is 180 g/mol. The van der Waals surface area contributed by atoms with E-state index in [2.05, 4.69) is 13.8 Å². The van der Waals surface area contributed by atoms with Crippen LogP contribution in [0, 0.1) is 6.92 Å². The standard InChI is InChI=1S/C11H16O2/c1-5-9-10(6-12)8(4)13-11(9)7(2)3/h6-7H,5H2,1-4H3. The fourth-order valence-corrected chi connectivity index (χ4v) is 1.61. The Labute approximate surface area is 78.9 Å². The topological polar surface area (TPSA) is 30.2 Å². The molecule has 0 saturated carbocycles. The third-order valence-corrected chi connectivity index (χ3v) is 2.26. The van der Waals surface area contributed by atoms with E-state index in [1.54, 1.807) is 0 Å². The molecule has 0 radical (unpaired) electrons. The van der Waals surface area contributed by atoms with Crippen molar-refractivity contribution in [3.63, 3.8) is 0 Å². The van der Waals surface area contributed by atoms with Gasteiger partial charge in [0.1, 0.15) is 11.5 Å². The Hall–Kier alpha value is -1.05. The second-order valence-corrected chi connectivity index (χ2v) is 3.54. The average molecular weight is 180 g/mol. The Morgan fingerprint density at radius 3 is 2.46 bits per heavy atom. The Bertz CT molecular complexity index is 308. The number of carbonyl (C=O) groups excluding carboxylic acids is 1. The lowest BCUT2D eigenvalue weighted by Gasteiger charge is -2.02. The first-order valence-electron chi connectivity index (χ1n) is 4.69. The van der Waals surface area contributed by atoms with Gasteiger partial charge in [-0.05, 0) is 13.3 Å². The van der Waals surface area contributed by atoms with Crippen molar-refractivity contribution in [3.8, 4) is 0 Å². The first kappa shape index (κ1) is 10.0. The van der Waals surface area contributed by atoms with Gasteiger partial charge in [-0.3, -0.25) is 4.79 Å². The summed E-state index contributed by atoms with van der Waals surface area (Å²) in [6, 6.07) is 0.